The molecule has 0 rings (SSSR count). The molecule has 0 atom stereocenters. The van der Waals surface area contributed by atoms with Gasteiger partial charge in [-0.25, -0.2) is 0 Å². The Balaban J connectivity index is 3.83. The molecule has 68 valence electrons. The second-order valence-corrected chi connectivity index (χ2v) is 3.88. The quantitative estimate of drug-likeness (QED) is 0.680. The summed E-state index contributed by atoms with van der Waals surface area (Å²) in [6, 6.07) is 0.182. The van der Waals surface area contributed by atoms with Crippen molar-refractivity contribution >= 4 is 5.91 Å². The summed E-state index contributed by atoms with van der Waals surface area (Å²) in [6.07, 6.45) is 0.583. The molecule has 0 saturated carbocycles. The fourth-order valence-electron chi connectivity index (χ4n) is 0.720. The van der Waals surface area contributed by atoms with E-state index in [-0.39, 0.29) is 11.9 Å². The Morgan fingerprint density at radius 1 is 1.36 bits per heavy atom. The number of hydrogen-bond donors (Lipinski definition) is 0. The summed E-state index contributed by atoms with van der Waals surface area (Å²) in [5.74, 6) is 0.518. The van der Waals surface area contributed by atoms with E-state index in [1.807, 2.05) is 27.7 Å². The normalized spacial score (nSPS) is 10.9. The molecule has 0 heterocycles. The first-order valence-corrected chi connectivity index (χ1v) is 4.37. The Morgan fingerprint density at radius 2 is 1.82 bits per heavy atom. The van der Waals surface area contributed by atoms with Crippen molar-refractivity contribution in [2.75, 3.05) is 0 Å². The topological polar surface area (TPSA) is 20.3 Å². The van der Waals surface area contributed by atoms with Gasteiger partial charge < -0.3 is 0 Å². The monoisotopic (exact) mass is 201 g/mol. The zero-order valence-corrected chi connectivity index (χ0v) is 8.59. The molecule has 0 unspecified atom stereocenters. The Bertz CT molecular complexity index is 134. The van der Waals surface area contributed by atoms with Crippen LogP contribution < -0.4 is 0 Å². The Hall–Kier alpha value is -0.0235. The van der Waals surface area contributed by atoms with Crippen LogP contribution >= 0.6 is 0 Å². The number of nitrogens with zero attached hydrogens (tertiary/aromatic N) is 1. The van der Waals surface area contributed by atoms with Crippen LogP contribution in [0.4, 0.5) is 0 Å². The third kappa shape index (κ3) is 4.43. The van der Waals surface area contributed by atoms with Gasteiger partial charge in [-0.2, -0.15) is 0 Å². The van der Waals surface area contributed by atoms with Crippen molar-refractivity contribution in [2.45, 2.75) is 40.2 Å². The van der Waals surface area contributed by atoms with Crippen LogP contribution in [0.3, 0.4) is 0 Å². The van der Waals surface area contributed by atoms with Crippen molar-refractivity contribution < 1.29 is 20.7 Å². The van der Waals surface area contributed by atoms with Crippen molar-refractivity contribution in [2.24, 2.45) is 5.92 Å². The molecular formula is C8H16CoNO. The molecule has 0 aliphatic carbocycles. The molecule has 0 fully saturated rings. The van der Waals surface area contributed by atoms with E-state index in [1.54, 1.807) is 0 Å². The van der Waals surface area contributed by atoms with Crippen LogP contribution in [0.1, 0.15) is 34.1 Å². The molecule has 0 aromatic carbocycles. The van der Waals surface area contributed by atoms with Gasteiger partial charge in [-0.1, -0.05) is 0 Å². The average molecular weight is 201 g/mol. The molecule has 2 nitrogen and oxygen atoms in total. The summed E-state index contributed by atoms with van der Waals surface area (Å²) >= 11 is 4.13. The molecule has 0 radical (unpaired) electrons. The summed E-state index contributed by atoms with van der Waals surface area (Å²) in [7, 11) is 0. The van der Waals surface area contributed by atoms with Crippen molar-refractivity contribution in [3.63, 3.8) is 0 Å². The first-order valence-electron chi connectivity index (χ1n) is 3.91. The zero-order chi connectivity index (χ0) is 9.02. The minimum atomic E-state index is 0.106. The standard InChI is InChI=1S/C8H17NO.Co/c1-6(2)5-8(10)9-7(3)4;/h6-7H,5H2,1-4H3,(H,9,10);/q;+1/p-1. The fourth-order valence-corrected chi connectivity index (χ4v) is 0.815. The average Bonchev–Trinajstić information content (AvgIpc) is 1.84. The third-order valence-corrected chi connectivity index (χ3v) is 2.04. The van der Waals surface area contributed by atoms with Gasteiger partial charge in [-0.15, -0.1) is 0 Å². The van der Waals surface area contributed by atoms with Gasteiger partial charge in [0, 0.05) is 0 Å². The van der Waals surface area contributed by atoms with E-state index < -0.39 is 0 Å². The molecule has 0 N–H and O–H groups in total. The number of rotatable bonds is 3. The summed E-state index contributed by atoms with van der Waals surface area (Å²) in [6.45, 7) is 7.95. The predicted octanol–water partition coefficient (Wildman–Crippen LogP) is 1.73. The van der Waals surface area contributed by atoms with E-state index in [0.717, 1.165) is 0 Å². The molecule has 11 heavy (non-hydrogen) atoms. The second-order valence-electron chi connectivity index (χ2n) is 3.38. The van der Waals surface area contributed by atoms with E-state index in [9.17, 15) is 4.79 Å². The Kier molecular flexibility index (Phi) is 4.76. The number of amides is 1. The molecule has 0 saturated heterocycles. The van der Waals surface area contributed by atoms with E-state index >= 15 is 0 Å². The molecule has 0 aliphatic rings. The van der Waals surface area contributed by atoms with Crippen molar-refractivity contribution in [1.82, 2.24) is 3.95 Å². The number of carbonyl (C=O) groups excluding carboxylic acids is 1. The molecule has 0 aromatic rings. The molecular weight excluding hydrogens is 185 g/mol. The minimum absolute atomic E-state index is 0.106. The van der Waals surface area contributed by atoms with Crippen LogP contribution in [0.15, 0.2) is 0 Å². The van der Waals surface area contributed by atoms with Gasteiger partial charge >= 0.3 is 76.7 Å². The van der Waals surface area contributed by atoms with Crippen LogP contribution in [-0.4, -0.2) is 15.9 Å². The third-order valence-electron chi connectivity index (χ3n) is 1.24. The molecule has 0 aliphatic heterocycles. The van der Waals surface area contributed by atoms with Crippen LogP contribution in [-0.2, 0) is 20.7 Å². The van der Waals surface area contributed by atoms with Crippen LogP contribution in [0.2, 0.25) is 0 Å². The van der Waals surface area contributed by atoms with Gasteiger partial charge in [0.05, 0.1) is 0 Å². The van der Waals surface area contributed by atoms with Gasteiger partial charge in [0.2, 0.25) is 0 Å². The molecule has 0 spiro atoms. The number of hydrogen-bond acceptors (Lipinski definition) is 1. The van der Waals surface area contributed by atoms with Crippen LogP contribution in [0.5, 0.6) is 0 Å². The fraction of sp³-hybridized carbons (Fsp3) is 0.875. The van der Waals surface area contributed by atoms with Crippen molar-refractivity contribution in [3.8, 4) is 0 Å². The van der Waals surface area contributed by atoms with Gasteiger partial charge in [0.1, 0.15) is 0 Å². The second kappa shape index (κ2) is 4.77. The van der Waals surface area contributed by atoms with Crippen LogP contribution in [0, 0.1) is 5.92 Å². The van der Waals surface area contributed by atoms with Gasteiger partial charge in [-0.05, 0) is 0 Å². The Labute approximate surface area is 77.1 Å². The SMILES string of the molecule is CC(C)CC(=O)[N]([Co])C(C)C. The first-order chi connectivity index (χ1) is 4.95. The van der Waals surface area contributed by atoms with Gasteiger partial charge in [0.15, 0.2) is 0 Å². The van der Waals surface area contributed by atoms with E-state index in [1.165, 1.54) is 3.95 Å². The summed E-state index contributed by atoms with van der Waals surface area (Å²) < 4.78 is 1.48. The molecule has 0 aromatic heterocycles. The molecule has 1 amide bonds. The van der Waals surface area contributed by atoms with E-state index in [4.69, 9.17) is 0 Å². The summed E-state index contributed by atoms with van der Waals surface area (Å²) in [4.78, 5) is 11.2. The van der Waals surface area contributed by atoms with Gasteiger partial charge in [-0.3, -0.25) is 0 Å². The van der Waals surface area contributed by atoms with Gasteiger partial charge in [0.25, 0.3) is 0 Å². The summed E-state index contributed by atoms with van der Waals surface area (Å²) in [5, 5.41) is 0. The zero-order valence-electron chi connectivity index (χ0n) is 7.55. The Morgan fingerprint density at radius 3 is 2.09 bits per heavy atom. The first kappa shape index (κ1) is 11.0. The van der Waals surface area contributed by atoms with Crippen molar-refractivity contribution in [1.29, 1.82) is 0 Å². The molecule has 0 bridgehead atoms. The molecule has 3 heteroatoms. The van der Waals surface area contributed by atoms with Crippen LogP contribution in [0.25, 0.3) is 0 Å². The maximum atomic E-state index is 11.2. The van der Waals surface area contributed by atoms with E-state index in [2.05, 4.69) is 16.0 Å². The summed E-state index contributed by atoms with van der Waals surface area (Å²) in [5.41, 5.74) is 0. The number of carbonyl (C=O) groups is 1. The maximum absolute atomic E-state index is 11.2. The predicted molar refractivity (Wildman–Crippen MR) is 41.4 cm³/mol. The van der Waals surface area contributed by atoms with E-state index in [0.29, 0.717) is 12.3 Å². The van der Waals surface area contributed by atoms with Crippen molar-refractivity contribution in [3.05, 3.63) is 0 Å².